The molecule has 0 bridgehead atoms. The highest BCUT2D eigenvalue weighted by Crippen LogP contribution is 2.38. The number of carboxylic acids is 1. The highest BCUT2D eigenvalue weighted by molar-refractivity contribution is 7.15. The predicted octanol–water partition coefficient (Wildman–Crippen LogP) is 5.24. The van der Waals surface area contributed by atoms with Crippen LogP contribution in [0.4, 0.5) is 5.00 Å². The summed E-state index contributed by atoms with van der Waals surface area (Å²) < 4.78 is 5.39. The minimum Gasteiger partial charge on any atom is -0.481 e. The van der Waals surface area contributed by atoms with Crippen LogP contribution in [0, 0.1) is 11.8 Å². The molecule has 1 aliphatic rings. The number of halogens is 1. The number of rotatable bonds is 6. The zero-order valence-electron chi connectivity index (χ0n) is 16.6. The number of carboxylic acid groups (broad SMARTS) is 1. The molecule has 158 valence electrons. The van der Waals surface area contributed by atoms with E-state index < -0.39 is 29.7 Å². The maximum Gasteiger partial charge on any atom is 0.342 e. The summed E-state index contributed by atoms with van der Waals surface area (Å²) in [6, 6.07) is 7.01. The third-order valence-corrected chi connectivity index (χ3v) is 5.96. The van der Waals surface area contributed by atoms with E-state index in [2.05, 4.69) is 5.32 Å². The number of hydrogen-bond donors (Lipinski definition) is 2. The van der Waals surface area contributed by atoms with E-state index in [0.717, 1.165) is 5.56 Å². The minimum absolute atomic E-state index is 0.252. The van der Waals surface area contributed by atoms with Crippen molar-refractivity contribution in [3.8, 4) is 11.1 Å². The van der Waals surface area contributed by atoms with Gasteiger partial charge in [-0.25, -0.2) is 4.79 Å². The third-order valence-electron chi connectivity index (χ3n) is 4.82. The molecule has 1 amide bonds. The number of aliphatic carboxylic acids is 1. The molecule has 1 heterocycles. The quantitative estimate of drug-likeness (QED) is 0.466. The van der Waals surface area contributed by atoms with Crippen molar-refractivity contribution in [2.24, 2.45) is 11.8 Å². The van der Waals surface area contributed by atoms with Crippen LogP contribution in [0.25, 0.3) is 11.1 Å². The van der Waals surface area contributed by atoms with Crippen molar-refractivity contribution in [1.29, 1.82) is 0 Å². The van der Waals surface area contributed by atoms with Crippen LogP contribution in [-0.4, -0.2) is 29.1 Å². The van der Waals surface area contributed by atoms with E-state index in [1.54, 1.807) is 49.6 Å². The van der Waals surface area contributed by atoms with Crippen molar-refractivity contribution in [3.05, 3.63) is 52.4 Å². The first-order valence-corrected chi connectivity index (χ1v) is 10.8. The molecule has 3 rings (SSSR count). The number of esters is 1. The van der Waals surface area contributed by atoms with Gasteiger partial charge in [0, 0.05) is 16.0 Å². The Labute approximate surface area is 183 Å². The predicted molar refractivity (Wildman–Crippen MR) is 117 cm³/mol. The maximum absolute atomic E-state index is 12.9. The number of carbonyl (C=O) groups excluding carboxylic acids is 2. The second kappa shape index (κ2) is 9.45. The molecule has 1 aliphatic carbocycles. The van der Waals surface area contributed by atoms with Gasteiger partial charge in [-0.3, -0.25) is 9.59 Å². The monoisotopic (exact) mass is 447 g/mol. The van der Waals surface area contributed by atoms with E-state index in [9.17, 15) is 19.5 Å². The van der Waals surface area contributed by atoms with Gasteiger partial charge < -0.3 is 15.2 Å². The van der Waals surface area contributed by atoms with E-state index in [-0.39, 0.29) is 11.7 Å². The van der Waals surface area contributed by atoms with E-state index >= 15 is 0 Å². The highest BCUT2D eigenvalue weighted by Gasteiger charge is 2.35. The first-order valence-electron chi connectivity index (χ1n) is 9.55. The Kier molecular flexibility index (Phi) is 6.95. The second-order valence-electron chi connectivity index (χ2n) is 7.30. The third kappa shape index (κ3) is 4.91. The molecule has 0 radical (unpaired) electrons. The molecule has 6 nitrogen and oxygen atoms in total. The van der Waals surface area contributed by atoms with Crippen LogP contribution < -0.4 is 5.32 Å². The van der Waals surface area contributed by atoms with Crippen molar-refractivity contribution in [2.75, 3.05) is 5.32 Å². The lowest BCUT2D eigenvalue weighted by atomic mass is 9.82. The molecular formula is C22H22ClNO5S. The molecule has 30 heavy (non-hydrogen) atoms. The lowest BCUT2D eigenvalue weighted by Gasteiger charge is -2.24. The fraction of sp³-hybridized carbons (Fsp3) is 0.318. The number of ether oxygens (including phenoxy) is 1. The molecule has 0 saturated heterocycles. The molecule has 0 fully saturated rings. The van der Waals surface area contributed by atoms with Crippen molar-refractivity contribution < 1.29 is 24.2 Å². The summed E-state index contributed by atoms with van der Waals surface area (Å²) in [5.41, 5.74) is 1.63. The lowest BCUT2D eigenvalue weighted by Crippen LogP contribution is -2.34. The van der Waals surface area contributed by atoms with Crippen molar-refractivity contribution in [3.63, 3.8) is 0 Å². The van der Waals surface area contributed by atoms with Crippen molar-refractivity contribution in [2.45, 2.75) is 32.8 Å². The lowest BCUT2D eigenvalue weighted by molar-refractivity contribution is -0.146. The minimum atomic E-state index is -1.01. The van der Waals surface area contributed by atoms with E-state index in [1.165, 1.54) is 11.3 Å². The van der Waals surface area contributed by atoms with Gasteiger partial charge in [-0.05, 0) is 44.4 Å². The Balaban J connectivity index is 1.95. The molecule has 8 heteroatoms. The number of benzene rings is 1. The molecule has 2 aromatic rings. The Bertz CT molecular complexity index is 980. The van der Waals surface area contributed by atoms with Gasteiger partial charge in [-0.1, -0.05) is 35.9 Å². The van der Waals surface area contributed by atoms with Gasteiger partial charge in [-0.2, -0.15) is 0 Å². The largest absolute Gasteiger partial charge is 0.481 e. The molecule has 0 saturated carbocycles. The summed E-state index contributed by atoms with van der Waals surface area (Å²) in [6.07, 6.45) is 3.89. The highest BCUT2D eigenvalue weighted by atomic mass is 35.5. The van der Waals surface area contributed by atoms with Crippen molar-refractivity contribution >= 4 is 45.8 Å². The molecular weight excluding hydrogens is 426 g/mol. The maximum atomic E-state index is 12.9. The number of carbonyl (C=O) groups is 3. The average molecular weight is 448 g/mol. The normalized spacial score (nSPS) is 18.3. The van der Waals surface area contributed by atoms with Gasteiger partial charge in [-0.15, -0.1) is 11.3 Å². The fourth-order valence-corrected chi connectivity index (χ4v) is 4.44. The SMILES string of the molecule is CC(C)OC(=O)c1c(-c2ccc(Cl)cc2)csc1NC(=O)C1CC=CCC1C(=O)O. The molecule has 0 spiro atoms. The van der Waals surface area contributed by atoms with Gasteiger partial charge in [0.2, 0.25) is 5.91 Å². The second-order valence-corrected chi connectivity index (χ2v) is 8.61. The number of amides is 1. The zero-order chi connectivity index (χ0) is 21.8. The smallest absolute Gasteiger partial charge is 0.342 e. The van der Waals surface area contributed by atoms with Gasteiger partial charge in [0.15, 0.2) is 0 Å². The van der Waals surface area contributed by atoms with Crippen LogP contribution in [0.1, 0.15) is 37.0 Å². The average Bonchev–Trinajstić information content (AvgIpc) is 3.11. The number of anilines is 1. The Hall–Kier alpha value is -2.64. The number of hydrogen-bond acceptors (Lipinski definition) is 5. The van der Waals surface area contributed by atoms with Crippen LogP contribution >= 0.6 is 22.9 Å². The summed E-state index contributed by atoms with van der Waals surface area (Å²) in [4.78, 5) is 37.3. The number of nitrogens with one attached hydrogen (secondary N) is 1. The summed E-state index contributed by atoms with van der Waals surface area (Å²) in [5, 5.41) is 14.9. The fourth-order valence-electron chi connectivity index (χ4n) is 3.35. The first kappa shape index (κ1) is 22.1. The molecule has 1 aromatic carbocycles. The van der Waals surface area contributed by atoms with Crippen LogP contribution in [0.15, 0.2) is 41.8 Å². The van der Waals surface area contributed by atoms with E-state index in [0.29, 0.717) is 28.4 Å². The molecule has 0 aliphatic heterocycles. The standard InChI is InChI=1S/C22H22ClNO5S/c1-12(2)29-22(28)18-17(13-7-9-14(23)10-8-13)11-30-20(18)24-19(25)15-5-3-4-6-16(15)21(26)27/h3-4,7-12,15-16H,5-6H2,1-2H3,(H,24,25)(H,26,27). The molecule has 1 aromatic heterocycles. The topological polar surface area (TPSA) is 92.7 Å². The van der Waals surface area contributed by atoms with Crippen LogP contribution in [0.2, 0.25) is 5.02 Å². The summed E-state index contributed by atoms with van der Waals surface area (Å²) >= 11 is 7.17. The Morgan fingerprint density at radius 2 is 1.77 bits per heavy atom. The van der Waals surface area contributed by atoms with Gasteiger partial charge in [0.05, 0.1) is 17.9 Å². The van der Waals surface area contributed by atoms with Gasteiger partial charge in [0.1, 0.15) is 10.6 Å². The molecule has 2 unspecified atom stereocenters. The van der Waals surface area contributed by atoms with Gasteiger partial charge in [0.25, 0.3) is 0 Å². The zero-order valence-corrected chi connectivity index (χ0v) is 18.1. The van der Waals surface area contributed by atoms with Crippen LogP contribution in [-0.2, 0) is 14.3 Å². The van der Waals surface area contributed by atoms with Crippen molar-refractivity contribution in [1.82, 2.24) is 0 Å². The van der Waals surface area contributed by atoms with Crippen LogP contribution in [0.5, 0.6) is 0 Å². The van der Waals surface area contributed by atoms with Crippen LogP contribution in [0.3, 0.4) is 0 Å². The number of allylic oxidation sites excluding steroid dienone is 2. The van der Waals surface area contributed by atoms with E-state index in [4.69, 9.17) is 16.3 Å². The summed E-state index contributed by atoms with van der Waals surface area (Å²) in [5.74, 6) is -3.48. The van der Waals surface area contributed by atoms with E-state index in [1.807, 2.05) is 6.08 Å². The molecule has 2 atom stereocenters. The Morgan fingerprint density at radius 1 is 1.13 bits per heavy atom. The summed E-state index contributed by atoms with van der Waals surface area (Å²) in [6.45, 7) is 3.49. The number of thiophene rings is 1. The first-order chi connectivity index (χ1) is 14.3. The van der Waals surface area contributed by atoms with Gasteiger partial charge >= 0.3 is 11.9 Å². The Morgan fingerprint density at radius 3 is 2.37 bits per heavy atom. The summed E-state index contributed by atoms with van der Waals surface area (Å²) in [7, 11) is 0. The molecule has 2 N–H and O–H groups in total.